The fourth-order valence-corrected chi connectivity index (χ4v) is 1.56. The summed E-state index contributed by atoms with van der Waals surface area (Å²) in [5.41, 5.74) is 1.35. The number of hydrogen-bond donors (Lipinski definition) is 0. The largest absolute Gasteiger partial charge is 1.00 e. The first-order chi connectivity index (χ1) is 4.33. The van der Waals surface area contributed by atoms with Crippen molar-refractivity contribution in [2.75, 3.05) is 0 Å². The molecule has 0 N–H and O–H groups in total. The van der Waals surface area contributed by atoms with Crippen LogP contribution < -0.4 is 12.4 Å². The zero-order valence-corrected chi connectivity index (χ0v) is 9.96. The first-order valence-electron chi connectivity index (χ1n) is 2.86. The van der Waals surface area contributed by atoms with E-state index in [1.54, 1.807) is 0 Å². The minimum Gasteiger partial charge on any atom is -1.00 e. The van der Waals surface area contributed by atoms with Gasteiger partial charge in [0.1, 0.15) is 0 Å². The van der Waals surface area contributed by atoms with Gasteiger partial charge in [0.2, 0.25) is 0 Å². The van der Waals surface area contributed by atoms with E-state index in [1.165, 1.54) is 28.9 Å². The van der Waals surface area contributed by atoms with E-state index in [9.17, 15) is 0 Å². The van der Waals surface area contributed by atoms with Gasteiger partial charge in [0.15, 0.2) is 0 Å². The first-order valence-corrected chi connectivity index (χ1v) is 5.34. The normalized spacial score (nSPS) is 8.70. The number of benzene rings is 1. The maximum atomic E-state index is 5.74. The third-order valence-corrected chi connectivity index (χ3v) is 2.62. The predicted octanol–water partition coefficient (Wildman–Crippen LogP) is -0.609. The van der Waals surface area contributed by atoms with Crippen LogP contribution in [0.1, 0.15) is 5.56 Å². The maximum Gasteiger partial charge on any atom is -1.00 e. The van der Waals surface area contributed by atoms with E-state index in [2.05, 4.69) is 6.07 Å². The van der Waals surface area contributed by atoms with Gasteiger partial charge in [-0.15, -0.1) is 0 Å². The molecule has 1 aromatic carbocycles. The molecule has 0 spiro atoms. The molecule has 1 aromatic rings. The van der Waals surface area contributed by atoms with E-state index in [1.807, 2.05) is 18.2 Å². The predicted molar refractivity (Wildman–Crippen MR) is 35.2 cm³/mol. The zero-order chi connectivity index (χ0) is 6.69. The van der Waals surface area contributed by atoms with Gasteiger partial charge in [-0.1, -0.05) is 0 Å². The summed E-state index contributed by atoms with van der Waals surface area (Å²) < 4.78 is 0. The summed E-state index contributed by atoms with van der Waals surface area (Å²) in [4.78, 5) is 0. The maximum absolute atomic E-state index is 5.74. The van der Waals surface area contributed by atoms with E-state index < -0.39 is 0 Å². The number of rotatable bonds is 1. The van der Waals surface area contributed by atoms with Gasteiger partial charge in [-0.3, -0.25) is 0 Å². The van der Waals surface area contributed by atoms with Crippen LogP contribution in [-0.4, -0.2) is 0 Å². The summed E-state index contributed by atoms with van der Waals surface area (Å²) in [6.45, 7) is 0. The van der Waals surface area contributed by atoms with Crippen LogP contribution in [0.25, 0.3) is 0 Å². The molecule has 0 nitrogen and oxygen atoms in total. The quantitative estimate of drug-likeness (QED) is 0.561. The molecule has 1 rings (SSSR count). The summed E-state index contributed by atoms with van der Waals surface area (Å²) in [7, 11) is 0. The second-order valence-corrected chi connectivity index (χ2v) is 3.37. The number of hydrogen-bond acceptors (Lipinski definition) is 0. The molecule has 0 aromatic heterocycles. The molecule has 3 heteroatoms. The van der Waals surface area contributed by atoms with Gasteiger partial charge in [0, 0.05) is 0 Å². The summed E-state index contributed by atoms with van der Waals surface area (Å²) in [5, 5.41) is 2.03. The van der Waals surface area contributed by atoms with Crippen molar-refractivity contribution in [2.45, 2.75) is 5.02 Å². The second-order valence-electron chi connectivity index (χ2n) is 1.88. The first kappa shape index (κ1) is 10.4. The SMILES string of the molecule is Clc1cccc([CH2][Zn+])c1.[Cl-]. The summed E-state index contributed by atoms with van der Waals surface area (Å²) in [6, 6.07) is 8.02. The molecular formula is C7H6Cl2Zn. The Kier molecular flexibility index (Phi) is 5.34. The molecule has 0 heterocycles. The topological polar surface area (TPSA) is 0 Å². The Hall–Kier alpha value is 0.423. The van der Waals surface area contributed by atoms with E-state index in [0.717, 1.165) is 5.02 Å². The molecule has 0 aliphatic carbocycles. The van der Waals surface area contributed by atoms with Crippen molar-refractivity contribution in [1.82, 2.24) is 0 Å². The Morgan fingerprint density at radius 3 is 2.50 bits per heavy atom. The van der Waals surface area contributed by atoms with Crippen LogP contribution in [0.2, 0.25) is 5.02 Å². The Balaban J connectivity index is 0.000000810. The fraction of sp³-hybridized carbons (Fsp3) is 0.143. The summed E-state index contributed by atoms with van der Waals surface area (Å²) in [5.74, 6) is 0. The molecule has 0 amide bonds. The van der Waals surface area contributed by atoms with Crippen LogP contribution in [0.4, 0.5) is 0 Å². The molecule has 0 fully saturated rings. The average molecular weight is 226 g/mol. The molecule has 0 saturated heterocycles. The minimum atomic E-state index is 0. The van der Waals surface area contributed by atoms with E-state index >= 15 is 0 Å². The van der Waals surface area contributed by atoms with Gasteiger partial charge in [0.05, 0.1) is 0 Å². The van der Waals surface area contributed by atoms with Crippen LogP contribution >= 0.6 is 11.6 Å². The van der Waals surface area contributed by atoms with Crippen molar-refractivity contribution in [3.8, 4) is 0 Å². The number of halogens is 2. The minimum absolute atomic E-state index is 0. The molecule has 0 radical (unpaired) electrons. The molecule has 0 unspecified atom stereocenters. The van der Waals surface area contributed by atoms with Crippen molar-refractivity contribution in [1.29, 1.82) is 0 Å². The van der Waals surface area contributed by atoms with Crippen molar-refractivity contribution in [3.05, 3.63) is 34.9 Å². The molecule has 0 bridgehead atoms. The summed E-state index contributed by atoms with van der Waals surface area (Å²) >= 11 is 7.04. The van der Waals surface area contributed by atoms with Crippen molar-refractivity contribution in [3.63, 3.8) is 0 Å². The van der Waals surface area contributed by atoms with Gasteiger partial charge in [-0.2, -0.15) is 0 Å². The molecular weight excluding hydrogens is 220 g/mol. The van der Waals surface area contributed by atoms with Gasteiger partial charge in [0.25, 0.3) is 0 Å². The molecule has 10 heavy (non-hydrogen) atoms. The van der Waals surface area contributed by atoms with Crippen LogP contribution in [0.15, 0.2) is 24.3 Å². The Morgan fingerprint density at radius 2 is 2.10 bits per heavy atom. The van der Waals surface area contributed by atoms with Gasteiger partial charge in [-0.05, 0) is 0 Å². The second kappa shape index (κ2) is 5.12. The van der Waals surface area contributed by atoms with Crippen LogP contribution in [0.5, 0.6) is 0 Å². The fourth-order valence-electron chi connectivity index (χ4n) is 0.692. The van der Waals surface area contributed by atoms with Crippen LogP contribution in [-0.2, 0) is 23.3 Å². The van der Waals surface area contributed by atoms with E-state index in [0.29, 0.717) is 0 Å². The Labute approximate surface area is 82.1 Å². The molecule has 50 valence electrons. The van der Waals surface area contributed by atoms with E-state index in [4.69, 9.17) is 11.6 Å². The van der Waals surface area contributed by atoms with E-state index in [-0.39, 0.29) is 12.4 Å². The van der Waals surface area contributed by atoms with Crippen LogP contribution in [0.3, 0.4) is 0 Å². The smallest absolute Gasteiger partial charge is 1.00 e. The molecule has 0 saturated carbocycles. The molecule has 0 atom stereocenters. The average Bonchev–Trinajstić information content (AvgIpc) is 1.88. The third kappa shape index (κ3) is 3.01. The monoisotopic (exact) mass is 224 g/mol. The van der Waals surface area contributed by atoms with Crippen molar-refractivity contribution in [2.24, 2.45) is 0 Å². The van der Waals surface area contributed by atoms with Crippen molar-refractivity contribution >= 4 is 11.6 Å². The standard InChI is InChI=1S/C7H6Cl.ClH.Zn/c1-6-3-2-4-7(8)5-6;;/h2-5H,1H2;1H;/q;;+1/p-1. The summed E-state index contributed by atoms with van der Waals surface area (Å²) in [6.07, 6.45) is 0. The molecule has 0 aliphatic rings. The Morgan fingerprint density at radius 1 is 1.40 bits per heavy atom. The third-order valence-electron chi connectivity index (χ3n) is 1.18. The van der Waals surface area contributed by atoms with Crippen molar-refractivity contribution < 1.29 is 30.7 Å². The van der Waals surface area contributed by atoms with Gasteiger partial charge >= 0.3 is 69.8 Å². The Bertz CT molecular complexity index is 201. The molecule has 0 aliphatic heterocycles. The van der Waals surface area contributed by atoms with Crippen LogP contribution in [0, 0.1) is 0 Å². The van der Waals surface area contributed by atoms with Gasteiger partial charge < -0.3 is 12.4 Å². The van der Waals surface area contributed by atoms with Gasteiger partial charge in [-0.25, -0.2) is 0 Å². The zero-order valence-electron chi connectivity index (χ0n) is 5.48.